The van der Waals surface area contributed by atoms with Gasteiger partial charge in [0.2, 0.25) is 5.91 Å². The normalized spacial score (nSPS) is 15.2. The third-order valence-electron chi connectivity index (χ3n) is 6.80. The number of methoxy groups -OCH3 is 1. The first-order chi connectivity index (χ1) is 19.3. The summed E-state index contributed by atoms with van der Waals surface area (Å²) in [6, 6.07) is 14.7. The van der Waals surface area contributed by atoms with Crippen molar-refractivity contribution in [3.05, 3.63) is 95.0 Å². The zero-order chi connectivity index (χ0) is 28.2. The van der Waals surface area contributed by atoms with Gasteiger partial charge in [-0.1, -0.05) is 30.2 Å². The van der Waals surface area contributed by atoms with Crippen molar-refractivity contribution in [2.75, 3.05) is 17.7 Å². The van der Waals surface area contributed by atoms with Crippen LogP contribution in [0.5, 0.6) is 0 Å². The van der Waals surface area contributed by atoms with Crippen molar-refractivity contribution in [1.82, 2.24) is 9.97 Å². The largest absolute Gasteiger partial charge is 0.453 e. The minimum atomic E-state index is -0.835. The van der Waals surface area contributed by atoms with E-state index in [2.05, 4.69) is 25.3 Å². The summed E-state index contributed by atoms with van der Waals surface area (Å²) in [4.78, 5) is 33.7. The number of carbonyl (C=O) groups excluding carboxylic acids is 2. The Morgan fingerprint density at radius 3 is 2.65 bits per heavy atom. The van der Waals surface area contributed by atoms with Crippen molar-refractivity contribution >= 4 is 35.0 Å². The van der Waals surface area contributed by atoms with Crippen LogP contribution in [0.1, 0.15) is 43.0 Å². The molecule has 5 rings (SSSR count). The summed E-state index contributed by atoms with van der Waals surface area (Å²) in [5.74, 6) is -1.91. The van der Waals surface area contributed by atoms with Crippen molar-refractivity contribution in [2.24, 2.45) is 0 Å². The first-order valence-corrected chi connectivity index (χ1v) is 13.1. The highest BCUT2D eigenvalue weighted by Gasteiger charge is 2.22. The summed E-state index contributed by atoms with van der Waals surface area (Å²) in [5.41, 5.74) is 4.09. The molecule has 3 heterocycles. The van der Waals surface area contributed by atoms with Crippen LogP contribution in [0.25, 0.3) is 22.3 Å². The number of ether oxygens (including phenoxy) is 1. The topological polar surface area (TPSA) is 93.2 Å². The highest BCUT2D eigenvalue weighted by atomic mass is 35.5. The van der Waals surface area contributed by atoms with Crippen LogP contribution < -0.4 is 10.6 Å². The Bertz CT molecular complexity index is 1580. The number of halogens is 3. The maximum atomic E-state index is 14.6. The average molecular weight is 563 g/mol. The van der Waals surface area contributed by atoms with Gasteiger partial charge < -0.3 is 10.1 Å². The lowest BCUT2D eigenvalue weighted by Gasteiger charge is -2.20. The summed E-state index contributed by atoms with van der Waals surface area (Å²) >= 11 is 5.87. The van der Waals surface area contributed by atoms with E-state index in [9.17, 15) is 18.4 Å². The smallest absolute Gasteiger partial charge is 0.411 e. The number of nitrogens with one attached hydrogen (secondary N) is 2. The quantitative estimate of drug-likeness (QED) is 0.251. The molecule has 1 aliphatic heterocycles. The highest BCUT2D eigenvalue weighted by molar-refractivity contribution is 6.31. The highest BCUT2D eigenvalue weighted by Crippen LogP contribution is 2.36. The molecule has 1 aliphatic rings. The number of hydrogen-bond acceptors (Lipinski definition) is 5. The number of amides is 2. The molecule has 0 radical (unpaired) electrons. The molecule has 2 aromatic carbocycles. The molecule has 1 unspecified atom stereocenters. The maximum absolute atomic E-state index is 14.6. The molecule has 0 fully saturated rings. The van der Waals surface area contributed by atoms with Crippen LogP contribution in [-0.2, 0) is 9.53 Å². The van der Waals surface area contributed by atoms with E-state index in [-0.39, 0.29) is 28.0 Å². The fourth-order valence-electron chi connectivity index (χ4n) is 4.80. The fraction of sp³-hybridized carbons (Fsp3) is 0.200. The zero-order valence-electron chi connectivity index (χ0n) is 21.5. The number of anilines is 2. The second-order valence-corrected chi connectivity index (χ2v) is 9.79. The molecule has 10 heteroatoms. The van der Waals surface area contributed by atoms with E-state index in [1.165, 1.54) is 19.4 Å². The van der Waals surface area contributed by atoms with Gasteiger partial charge in [-0.3, -0.25) is 20.1 Å². The van der Waals surface area contributed by atoms with Crippen molar-refractivity contribution in [3.8, 4) is 22.3 Å². The number of benzene rings is 2. The molecule has 2 aromatic heterocycles. The number of nitrogens with zero attached hydrogens (tertiary/aromatic N) is 2. The molecule has 0 spiro atoms. The predicted octanol–water partition coefficient (Wildman–Crippen LogP) is 7.56. The lowest BCUT2D eigenvalue weighted by atomic mass is 9.90. The molecule has 0 saturated heterocycles. The van der Waals surface area contributed by atoms with Crippen LogP contribution in [0.15, 0.2) is 67.0 Å². The number of rotatable bonds is 3. The lowest BCUT2D eigenvalue weighted by molar-refractivity contribution is -0.116. The van der Waals surface area contributed by atoms with Crippen LogP contribution in [0.4, 0.5) is 25.0 Å². The third kappa shape index (κ3) is 5.79. The molecule has 2 bridgehead atoms. The van der Waals surface area contributed by atoms with Crippen molar-refractivity contribution < 1.29 is 23.1 Å². The van der Waals surface area contributed by atoms with Gasteiger partial charge in [-0.25, -0.2) is 13.6 Å². The first kappa shape index (κ1) is 27.2. The van der Waals surface area contributed by atoms with Crippen LogP contribution in [0, 0.1) is 11.6 Å². The molecule has 2 amide bonds. The number of aromatic nitrogens is 2. The van der Waals surface area contributed by atoms with Gasteiger partial charge in [0.15, 0.2) is 5.82 Å². The number of pyridine rings is 2. The van der Waals surface area contributed by atoms with E-state index in [4.69, 9.17) is 11.6 Å². The Balaban J connectivity index is 1.53. The van der Waals surface area contributed by atoms with Gasteiger partial charge in [-0.2, -0.15) is 0 Å². The third-order valence-corrected chi connectivity index (χ3v) is 7.09. The van der Waals surface area contributed by atoms with E-state index in [0.717, 1.165) is 29.3 Å². The Hall–Kier alpha value is -4.37. The lowest BCUT2D eigenvalue weighted by Crippen LogP contribution is -2.15. The van der Waals surface area contributed by atoms with Gasteiger partial charge in [0.1, 0.15) is 5.82 Å². The fourth-order valence-corrected chi connectivity index (χ4v) is 4.95. The average Bonchev–Trinajstić information content (AvgIpc) is 2.95. The Labute approximate surface area is 234 Å². The molecular weight excluding hydrogens is 538 g/mol. The van der Waals surface area contributed by atoms with Crippen molar-refractivity contribution in [3.63, 3.8) is 0 Å². The SMILES string of the molecule is COC(=O)Nc1ccc2c(c1)NC(=O)CCCCC(c1ccc(-c3c(F)ccc(Cl)c3F)cn1)c1cc-2ccn1. The molecule has 0 saturated carbocycles. The van der Waals surface area contributed by atoms with Crippen LogP contribution >= 0.6 is 11.6 Å². The van der Waals surface area contributed by atoms with E-state index >= 15 is 0 Å². The summed E-state index contributed by atoms with van der Waals surface area (Å²) < 4.78 is 33.7. The molecule has 4 aromatic rings. The molecule has 1 atom stereocenters. The molecule has 40 heavy (non-hydrogen) atoms. The van der Waals surface area contributed by atoms with E-state index in [0.29, 0.717) is 36.3 Å². The standard InChI is InChI=1S/C30H25ClF2N4O3/c1-40-30(39)36-19-7-8-20-17-12-13-34-25(14-17)21(4-2-3-5-27(38)37-26(20)15-19)24-11-6-18(16-35-24)28-23(32)10-9-22(31)29(28)33/h6-16,21H,2-5H2,1H3,(H,36,39)(H,37,38). The van der Waals surface area contributed by atoms with Gasteiger partial charge in [0.05, 0.1) is 23.4 Å². The number of fused-ring (bicyclic) bond motifs is 4. The second kappa shape index (κ2) is 11.8. The van der Waals surface area contributed by atoms with Gasteiger partial charge in [0, 0.05) is 52.9 Å². The van der Waals surface area contributed by atoms with E-state index < -0.39 is 17.7 Å². The van der Waals surface area contributed by atoms with Gasteiger partial charge in [-0.05, 0) is 60.9 Å². The Kier molecular flexibility index (Phi) is 8.02. The summed E-state index contributed by atoms with van der Waals surface area (Å²) in [5, 5.41) is 5.41. The second-order valence-electron chi connectivity index (χ2n) is 9.38. The molecular formula is C30H25ClF2N4O3. The first-order valence-electron chi connectivity index (χ1n) is 12.7. The van der Waals surface area contributed by atoms with E-state index in [1.807, 2.05) is 18.2 Å². The van der Waals surface area contributed by atoms with Gasteiger partial charge in [-0.15, -0.1) is 0 Å². The predicted molar refractivity (Wildman–Crippen MR) is 149 cm³/mol. The number of hydrogen-bond donors (Lipinski definition) is 2. The summed E-state index contributed by atoms with van der Waals surface area (Å²) in [7, 11) is 1.27. The molecule has 7 nitrogen and oxygen atoms in total. The molecule has 204 valence electrons. The maximum Gasteiger partial charge on any atom is 0.411 e. The van der Waals surface area contributed by atoms with Crippen molar-refractivity contribution in [2.45, 2.75) is 31.6 Å². The molecule has 2 N–H and O–H groups in total. The monoisotopic (exact) mass is 562 g/mol. The minimum absolute atomic E-state index is 0.143. The molecule has 0 aliphatic carbocycles. The van der Waals surface area contributed by atoms with Crippen LogP contribution in [0.3, 0.4) is 0 Å². The Morgan fingerprint density at radius 1 is 1.02 bits per heavy atom. The van der Waals surface area contributed by atoms with Gasteiger partial charge >= 0.3 is 6.09 Å². The summed E-state index contributed by atoms with van der Waals surface area (Å²) in [6.07, 6.45) is 4.85. The summed E-state index contributed by atoms with van der Waals surface area (Å²) in [6.45, 7) is 0. The Morgan fingerprint density at radius 2 is 1.88 bits per heavy atom. The minimum Gasteiger partial charge on any atom is -0.453 e. The zero-order valence-corrected chi connectivity index (χ0v) is 22.3. The van der Waals surface area contributed by atoms with Crippen LogP contribution in [0.2, 0.25) is 5.02 Å². The van der Waals surface area contributed by atoms with Gasteiger partial charge in [0.25, 0.3) is 0 Å². The van der Waals surface area contributed by atoms with Crippen molar-refractivity contribution in [1.29, 1.82) is 0 Å². The van der Waals surface area contributed by atoms with E-state index in [1.54, 1.807) is 30.5 Å². The van der Waals surface area contributed by atoms with Crippen LogP contribution in [-0.4, -0.2) is 29.1 Å². The number of carbonyl (C=O) groups is 2.